The molecule has 1 heterocycles. The summed E-state index contributed by atoms with van der Waals surface area (Å²) in [5.74, 6) is 0.0615. The number of aryl methyl sites for hydroxylation is 1. The molecule has 0 fully saturated rings. The summed E-state index contributed by atoms with van der Waals surface area (Å²) in [5, 5.41) is 13.9. The molecule has 1 atom stereocenters. The first-order valence-corrected chi connectivity index (χ1v) is 6.56. The van der Waals surface area contributed by atoms with Crippen molar-refractivity contribution in [2.45, 2.75) is 26.8 Å². The summed E-state index contributed by atoms with van der Waals surface area (Å²) in [5.41, 5.74) is 1.17. The minimum absolute atomic E-state index is 0.0325. The number of hydrogen-bond acceptors (Lipinski definition) is 3. The molecular formula is C13H19NO2S. The topological polar surface area (TPSA) is 49.3 Å². The van der Waals surface area contributed by atoms with Crippen molar-refractivity contribution < 1.29 is 9.90 Å². The van der Waals surface area contributed by atoms with Crippen LogP contribution < -0.4 is 5.32 Å². The van der Waals surface area contributed by atoms with Crippen LogP contribution in [0.15, 0.2) is 17.5 Å². The highest BCUT2D eigenvalue weighted by molar-refractivity contribution is 7.11. The van der Waals surface area contributed by atoms with Crippen LogP contribution in [0.1, 0.15) is 24.3 Å². The molecule has 3 nitrogen and oxygen atoms in total. The number of rotatable bonds is 5. The van der Waals surface area contributed by atoms with E-state index in [0.29, 0.717) is 0 Å². The van der Waals surface area contributed by atoms with Gasteiger partial charge >= 0.3 is 0 Å². The second kappa shape index (κ2) is 6.57. The fraction of sp³-hybridized carbons (Fsp3) is 0.462. The van der Waals surface area contributed by atoms with Gasteiger partial charge in [-0.1, -0.05) is 13.8 Å². The van der Waals surface area contributed by atoms with Crippen LogP contribution in [0.5, 0.6) is 0 Å². The van der Waals surface area contributed by atoms with E-state index in [4.69, 9.17) is 5.11 Å². The van der Waals surface area contributed by atoms with Crippen LogP contribution in [0.2, 0.25) is 0 Å². The minimum atomic E-state index is -0.184. The van der Waals surface area contributed by atoms with Gasteiger partial charge in [-0.15, -0.1) is 11.3 Å². The molecule has 0 aliphatic rings. The highest BCUT2D eigenvalue weighted by Gasteiger charge is 2.13. The maximum atomic E-state index is 11.6. The molecule has 0 saturated heterocycles. The van der Waals surface area contributed by atoms with Crippen molar-refractivity contribution in [1.29, 1.82) is 0 Å². The van der Waals surface area contributed by atoms with Gasteiger partial charge in [-0.25, -0.2) is 0 Å². The molecule has 0 saturated carbocycles. The highest BCUT2D eigenvalue weighted by Crippen LogP contribution is 2.16. The fourth-order valence-electron chi connectivity index (χ4n) is 1.36. The van der Waals surface area contributed by atoms with Crippen LogP contribution in [0, 0.1) is 12.8 Å². The average molecular weight is 253 g/mol. The monoisotopic (exact) mass is 253 g/mol. The SMILES string of the molecule is Cc1ccsc1C=CC(=O)NC(CO)C(C)C. The number of thiophene rings is 1. The molecule has 0 aliphatic carbocycles. The van der Waals surface area contributed by atoms with Gasteiger partial charge in [0, 0.05) is 11.0 Å². The van der Waals surface area contributed by atoms with Gasteiger partial charge in [0.25, 0.3) is 0 Å². The second-order valence-corrected chi connectivity index (χ2v) is 5.29. The number of hydrogen-bond donors (Lipinski definition) is 2. The molecule has 4 heteroatoms. The van der Waals surface area contributed by atoms with Crippen molar-refractivity contribution in [3.05, 3.63) is 28.0 Å². The lowest BCUT2D eigenvalue weighted by Crippen LogP contribution is -2.40. The molecule has 1 unspecified atom stereocenters. The lowest BCUT2D eigenvalue weighted by Gasteiger charge is -2.18. The second-order valence-electron chi connectivity index (χ2n) is 4.34. The number of aliphatic hydroxyl groups excluding tert-OH is 1. The van der Waals surface area contributed by atoms with Crippen molar-refractivity contribution in [2.75, 3.05) is 6.61 Å². The molecule has 1 aromatic heterocycles. The zero-order chi connectivity index (χ0) is 12.8. The van der Waals surface area contributed by atoms with E-state index in [-0.39, 0.29) is 24.5 Å². The van der Waals surface area contributed by atoms with Crippen molar-refractivity contribution in [2.24, 2.45) is 5.92 Å². The lowest BCUT2D eigenvalue weighted by molar-refractivity contribution is -0.117. The summed E-state index contributed by atoms with van der Waals surface area (Å²) in [6.07, 6.45) is 3.33. The third-order valence-corrected chi connectivity index (χ3v) is 3.60. The Kier molecular flexibility index (Phi) is 5.38. The Morgan fingerprint density at radius 3 is 2.76 bits per heavy atom. The van der Waals surface area contributed by atoms with Crippen LogP contribution in [0.4, 0.5) is 0 Å². The summed E-state index contributed by atoms with van der Waals surface area (Å²) in [6, 6.07) is 1.84. The van der Waals surface area contributed by atoms with Crippen molar-refractivity contribution in [1.82, 2.24) is 5.32 Å². The summed E-state index contributed by atoms with van der Waals surface area (Å²) in [7, 11) is 0. The lowest BCUT2D eigenvalue weighted by atomic mass is 10.1. The van der Waals surface area contributed by atoms with E-state index in [1.807, 2.05) is 38.3 Å². The molecule has 0 aliphatic heterocycles. The van der Waals surface area contributed by atoms with Gasteiger partial charge in [0.15, 0.2) is 0 Å². The Labute approximate surface area is 106 Å². The average Bonchev–Trinajstić information content (AvgIpc) is 2.68. The predicted molar refractivity (Wildman–Crippen MR) is 71.9 cm³/mol. The van der Waals surface area contributed by atoms with E-state index in [1.54, 1.807) is 11.3 Å². The molecule has 2 N–H and O–H groups in total. The highest BCUT2D eigenvalue weighted by atomic mass is 32.1. The van der Waals surface area contributed by atoms with Gasteiger partial charge in [0.2, 0.25) is 5.91 Å². The third kappa shape index (κ3) is 4.32. The van der Waals surface area contributed by atoms with E-state index in [9.17, 15) is 4.79 Å². The van der Waals surface area contributed by atoms with Gasteiger partial charge in [-0.3, -0.25) is 4.79 Å². The van der Waals surface area contributed by atoms with Gasteiger partial charge in [0.1, 0.15) is 0 Å². The van der Waals surface area contributed by atoms with E-state index >= 15 is 0 Å². The molecule has 0 spiro atoms. The normalized spacial score (nSPS) is 13.2. The van der Waals surface area contributed by atoms with Gasteiger partial charge in [-0.05, 0) is 35.9 Å². The minimum Gasteiger partial charge on any atom is -0.394 e. The van der Waals surface area contributed by atoms with Crippen LogP contribution >= 0.6 is 11.3 Å². The first-order chi connectivity index (χ1) is 8.04. The van der Waals surface area contributed by atoms with Crippen LogP contribution in [-0.2, 0) is 4.79 Å². The van der Waals surface area contributed by atoms with Gasteiger partial charge in [0.05, 0.1) is 12.6 Å². The van der Waals surface area contributed by atoms with Crippen molar-refractivity contribution in [3.63, 3.8) is 0 Å². The van der Waals surface area contributed by atoms with Gasteiger partial charge < -0.3 is 10.4 Å². The standard InChI is InChI=1S/C13H19NO2S/c1-9(2)11(8-15)14-13(16)5-4-12-10(3)6-7-17-12/h4-7,9,11,15H,8H2,1-3H3,(H,14,16). The number of carbonyl (C=O) groups is 1. The summed E-state index contributed by atoms with van der Waals surface area (Å²) >= 11 is 1.61. The molecule has 0 radical (unpaired) electrons. The van der Waals surface area contributed by atoms with Gasteiger partial charge in [-0.2, -0.15) is 0 Å². The molecule has 94 valence electrons. The quantitative estimate of drug-likeness (QED) is 0.790. The zero-order valence-corrected chi connectivity index (χ0v) is 11.3. The zero-order valence-electron chi connectivity index (χ0n) is 10.4. The van der Waals surface area contributed by atoms with Crippen molar-refractivity contribution >= 4 is 23.3 Å². The Hall–Kier alpha value is -1.13. The Morgan fingerprint density at radius 1 is 1.59 bits per heavy atom. The predicted octanol–water partition coefficient (Wildman–Crippen LogP) is 2.20. The maximum absolute atomic E-state index is 11.6. The Balaban J connectivity index is 2.55. The Morgan fingerprint density at radius 2 is 2.29 bits per heavy atom. The molecule has 17 heavy (non-hydrogen) atoms. The molecule has 0 bridgehead atoms. The Bertz CT molecular complexity index is 396. The first-order valence-electron chi connectivity index (χ1n) is 5.68. The third-order valence-electron chi connectivity index (χ3n) is 2.62. The number of amides is 1. The summed E-state index contributed by atoms with van der Waals surface area (Å²) in [6.45, 7) is 5.91. The number of nitrogens with one attached hydrogen (secondary N) is 1. The van der Waals surface area contributed by atoms with Crippen LogP contribution in [-0.4, -0.2) is 23.7 Å². The van der Waals surface area contributed by atoms with E-state index in [0.717, 1.165) is 4.88 Å². The van der Waals surface area contributed by atoms with Crippen LogP contribution in [0.25, 0.3) is 6.08 Å². The molecular weight excluding hydrogens is 234 g/mol. The maximum Gasteiger partial charge on any atom is 0.244 e. The number of carbonyl (C=O) groups excluding carboxylic acids is 1. The summed E-state index contributed by atoms with van der Waals surface area (Å²) < 4.78 is 0. The van der Waals surface area contributed by atoms with Crippen LogP contribution in [0.3, 0.4) is 0 Å². The first kappa shape index (κ1) is 13.9. The largest absolute Gasteiger partial charge is 0.394 e. The van der Waals surface area contributed by atoms with Crippen molar-refractivity contribution in [3.8, 4) is 0 Å². The van der Waals surface area contributed by atoms with E-state index in [2.05, 4.69) is 5.32 Å². The molecule has 0 aromatic carbocycles. The smallest absolute Gasteiger partial charge is 0.244 e. The molecule has 1 rings (SSSR count). The van der Waals surface area contributed by atoms with E-state index in [1.165, 1.54) is 11.6 Å². The fourth-order valence-corrected chi connectivity index (χ4v) is 2.18. The summed E-state index contributed by atoms with van der Waals surface area (Å²) in [4.78, 5) is 12.7. The van der Waals surface area contributed by atoms with E-state index < -0.39 is 0 Å². The molecule has 1 amide bonds. The molecule has 1 aromatic rings. The number of aliphatic hydroxyl groups is 1.